The molecule has 2 unspecified atom stereocenters. The van der Waals surface area contributed by atoms with E-state index in [4.69, 9.17) is 10.5 Å². The monoisotopic (exact) mass is 213 g/mol. The lowest BCUT2D eigenvalue weighted by Gasteiger charge is -2.31. The minimum Gasteiger partial charge on any atom is -0.396 e. The van der Waals surface area contributed by atoms with E-state index in [9.17, 15) is 5.11 Å². The van der Waals surface area contributed by atoms with Crippen LogP contribution in [0.2, 0.25) is 0 Å². The summed E-state index contributed by atoms with van der Waals surface area (Å²) in [6.45, 7) is 9.27. The molecule has 0 aromatic heterocycles. The van der Waals surface area contributed by atoms with Gasteiger partial charge in [0.15, 0.2) is 0 Å². The quantitative estimate of drug-likeness (QED) is 0.727. The predicted octanol–water partition coefficient (Wildman–Crippen LogP) is 1.29. The van der Waals surface area contributed by atoms with Crippen molar-refractivity contribution in [3.05, 3.63) is 0 Å². The first-order valence-corrected chi connectivity index (χ1v) is 5.75. The highest BCUT2D eigenvalue weighted by Crippen LogP contribution is 2.75. The number of nitrogens with two attached hydrogens (primary N) is 1. The molecule has 3 heteroatoms. The van der Waals surface area contributed by atoms with Crippen molar-refractivity contribution in [2.75, 3.05) is 13.2 Å². The topological polar surface area (TPSA) is 55.5 Å². The lowest BCUT2D eigenvalue weighted by molar-refractivity contribution is -0.0844. The largest absolute Gasteiger partial charge is 0.396 e. The Morgan fingerprint density at radius 1 is 1.20 bits per heavy atom. The Bertz CT molecular complexity index is 277. The lowest BCUT2D eigenvalue weighted by Crippen LogP contribution is -2.38. The van der Waals surface area contributed by atoms with Gasteiger partial charge < -0.3 is 15.6 Å². The zero-order valence-corrected chi connectivity index (χ0v) is 10.3. The number of rotatable bonds is 2. The van der Waals surface area contributed by atoms with Crippen LogP contribution in [0.15, 0.2) is 0 Å². The highest BCUT2D eigenvalue weighted by molar-refractivity contribution is 5.25. The molecular formula is C12H23NO2. The summed E-state index contributed by atoms with van der Waals surface area (Å²) in [6.07, 6.45) is 2.01. The third-order valence-electron chi connectivity index (χ3n) is 4.64. The molecule has 2 aliphatic rings. The van der Waals surface area contributed by atoms with Crippen LogP contribution in [0.1, 0.15) is 40.5 Å². The van der Waals surface area contributed by atoms with Crippen molar-refractivity contribution in [2.24, 2.45) is 16.6 Å². The average Bonchev–Trinajstić information content (AvgIpc) is 2.67. The minimum absolute atomic E-state index is 0.0877. The van der Waals surface area contributed by atoms with Gasteiger partial charge in [0.1, 0.15) is 0 Å². The molecule has 1 spiro atoms. The zero-order chi connectivity index (χ0) is 11.5. The first-order valence-electron chi connectivity index (χ1n) is 5.75. The Labute approximate surface area is 92.0 Å². The minimum atomic E-state index is -0.168. The van der Waals surface area contributed by atoms with E-state index in [2.05, 4.69) is 27.7 Å². The molecule has 3 nitrogen and oxygen atoms in total. The van der Waals surface area contributed by atoms with Gasteiger partial charge in [-0.15, -0.1) is 0 Å². The van der Waals surface area contributed by atoms with Crippen molar-refractivity contribution in [3.8, 4) is 0 Å². The second kappa shape index (κ2) is 2.76. The van der Waals surface area contributed by atoms with Gasteiger partial charge in [0, 0.05) is 17.4 Å². The lowest BCUT2D eigenvalue weighted by atomic mass is 9.77. The van der Waals surface area contributed by atoms with Crippen LogP contribution < -0.4 is 5.73 Å². The molecule has 0 aromatic carbocycles. The van der Waals surface area contributed by atoms with E-state index < -0.39 is 0 Å². The molecular weight excluding hydrogens is 190 g/mol. The summed E-state index contributed by atoms with van der Waals surface area (Å²) in [6, 6.07) is 0. The Morgan fingerprint density at radius 3 is 2.07 bits per heavy atom. The van der Waals surface area contributed by atoms with Gasteiger partial charge in [-0.1, -0.05) is 0 Å². The number of hydrogen-bond acceptors (Lipinski definition) is 3. The van der Waals surface area contributed by atoms with Gasteiger partial charge in [0.05, 0.1) is 17.8 Å². The molecule has 15 heavy (non-hydrogen) atoms. The summed E-state index contributed by atoms with van der Waals surface area (Å²) in [5.74, 6) is 0. The second-order valence-electron chi connectivity index (χ2n) is 6.45. The number of aliphatic hydroxyl groups excluding tert-OH is 1. The van der Waals surface area contributed by atoms with Gasteiger partial charge in [-0.25, -0.2) is 0 Å². The highest BCUT2D eigenvalue weighted by atomic mass is 16.5. The van der Waals surface area contributed by atoms with Gasteiger partial charge >= 0.3 is 0 Å². The third-order valence-corrected chi connectivity index (χ3v) is 4.64. The first kappa shape index (κ1) is 11.4. The fourth-order valence-electron chi connectivity index (χ4n) is 3.94. The predicted molar refractivity (Wildman–Crippen MR) is 59.5 cm³/mol. The standard InChI is InChI=1S/C12H23NO2/c1-9(2)5-12(10(3,4)15-9)6-11(12,7-13)8-14/h14H,5-8,13H2,1-4H3. The van der Waals surface area contributed by atoms with Crippen molar-refractivity contribution in [1.82, 2.24) is 0 Å². The maximum absolute atomic E-state index is 9.55. The molecule has 0 bridgehead atoms. The van der Waals surface area contributed by atoms with Gasteiger partial charge in [-0.05, 0) is 40.5 Å². The summed E-state index contributed by atoms with van der Waals surface area (Å²) in [5, 5.41) is 9.55. The Kier molecular flexibility index (Phi) is 2.09. The van der Waals surface area contributed by atoms with Crippen molar-refractivity contribution in [2.45, 2.75) is 51.7 Å². The van der Waals surface area contributed by atoms with Crippen LogP contribution in [0.4, 0.5) is 0 Å². The summed E-state index contributed by atoms with van der Waals surface area (Å²) in [5.41, 5.74) is 5.57. The molecule has 2 atom stereocenters. The maximum atomic E-state index is 9.55. The number of ether oxygens (including phenoxy) is 1. The summed E-state index contributed by atoms with van der Waals surface area (Å²) in [7, 11) is 0. The van der Waals surface area contributed by atoms with Gasteiger partial charge in [-0.3, -0.25) is 0 Å². The van der Waals surface area contributed by atoms with Crippen LogP contribution in [0, 0.1) is 10.8 Å². The van der Waals surface area contributed by atoms with Crippen molar-refractivity contribution in [3.63, 3.8) is 0 Å². The third kappa shape index (κ3) is 1.23. The SMILES string of the molecule is CC1(C)CC2(CC2(CN)CO)C(C)(C)O1. The fraction of sp³-hybridized carbons (Fsp3) is 1.00. The van der Waals surface area contributed by atoms with E-state index in [0.717, 1.165) is 12.8 Å². The Balaban J connectivity index is 2.32. The van der Waals surface area contributed by atoms with E-state index >= 15 is 0 Å². The van der Waals surface area contributed by atoms with E-state index in [-0.39, 0.29) is 28.6 Å². The molecule has 88 valence electrons. The molecule has 2 fully saturated rings. The molecule has 1 aliphatic heterocycles. The molecule has 1 saturated heterocycles. The normalized spacial score (nSPS) is 46.0. The molecule has 0 aromatic rings. The Morgan fingerprint density at radius 2 is 1.80 bits per heavy atom. The van der Waals surface area contributed by atoms with Crippen LogP contribution in [0.5, 0.6) is 0 Å². The number of aliphatic hydroxyl groups is 1. The summed E-state index contributed by atoms with van der Waals surface area (Å²) in [4.78, 5) is 0. The van der Waals surface area contributed by atoms with Crippen LogP contribution in [-0.2, 0) is 4.74 Å². The van der Waals surface area contributed by atoms with E-state index in [1.54, 1.807) is 0 Å². The average molecular weight is 213 g/mol. The molecule has 1 aliphatic carbocycles. The van der Waals surface area contributed by atoms with Crippen LogP contribution >= 0.6 is 0 Å². The maximum Gasteiger partial charge on any atom is 0.0697 e. The molecule has 1 heterocycles. The summed E-state index contributed by atoms with van der Waals surface area (Å²) >= 11 is 0. The van der Waals surface area contributed by atoms with Crippen LogP contribution in [-0.4, -0.2) is 29.5 Å². The zero-order valence-electron chi connectivity index (χ0n) is 10.3. The summed E-state index contributed by atoms with van der Waals surface area (Å²) < 4.78 is 6.11. The van der Waals surface area contributed by atoms with Crippen molar-refractivity contribution < 1.29 is 9.84 Å². The highest BCUT2D eigenvalue weighted by Gasteiger charge is 2.77. The fourth-order valence-corrected chi connectivity index (χ4v) is 3.94. The van der Waals surface area contributed by atoms with Crippen molar-refractivity contribution >= 4 is 0 Å². The molecule has 0 radical (unpaired) electrons. The second-order valence-corrected chi connectivity index (χ2v) is 6.45. The van der Waals surface area contributed by atoms with Crippen molar-refractivity contribution in [1.29, 1.82) is 0 Å². The van der Waals surface area contributed by atoms with Crippen LogP contribution in [0.3, 0.4) is 0 Å². The van der Waals surface area contributed by atoms with E-state index in [0.29, 0.717) is 6.54 Å². The van der Waals surface area contributed by atoms with Gasteiger partial charge in [0.2, 0.25) is 0 Å². The molecule has 2 rings (SSSR count). The number of hydrogen-bond donors (Lipinski definition) is 2. The van der Waals surface area contributed by atoms with Gasteiger partial charge in [0.25, 0.3) is 0 Å². The Hall–Kier alpha value is -0.120. The van der Waals surface area contributed by atoms with Gasteiger partial charge in [-0.2, -0.15) is 0 Å². The molecule has 3 N–H and O–H groups in total. The smallest absolute Gasteiger partial charge is 0.0697 e. The van der Waals surface area contributed by atoms with Crippen LogP contribution in [0.25, 0.3) is 0 Å². The first-order chi connectivity index (χ1) is 6.74. The molecule has 1 saturated carbocycles. The van der Waals surface area contributed by atoms with E-state index in [1.807, 2.05) is 0 Å². The van der Waals surface area contributed by atoms with E-state index in [1.165, 1.54) is 0 Å². The molecule has 0 amide bonds.